The molecule has 1 amide bonds. The summed E-state index contributed by atoms with van der Waals surface area (Å²) < 4.78 is 10.3. The molecule has 0 saturated carbocycles. The highest BCUT2D eigenvalue weighted by Gasteiger charge is 2.28. The molecule has 2 aromatic rings. The van der Waals surface area contributed by atoms with E-state index < -0.39 is 0 Å². The monoisotopic (exact) mass is 317 g/mol. The van der Waals surface area contributed by atoms with Crippen LogP contribution in [-0.4, -0.2) is 58.0 Å². The quantitative estimate of drug-likeness (QED) is 0.836. The average molecular weight is 317 g/mol. The summed E-state index contributed by atoms with van der Waals surface area (Å²) >= 11 is 0. The first-order valence-electron chi connectivity index (χ1n) is 7.58. The zero-order valence-electron chi connectivity index (χ0n) is 13.2. The Morgan fingerprint density at radius 2 is 2.30 bits per heavy atom. The number of carbonyl (C=O) groups is 1. The van der Waals surface area contributed by atoms with Crippen molar-refractivity contribution in [1.29, 1.82) is 0 Å². The number of amides is 1. The van der Waals surface area contributed by atoms with Crippen molar-refractivity contribution in [3.8, 4) is 11.5 Å². The molecule has 0 N–H and O–H groups in total. The van der Waals surface area contributed by atoms with Gasteiger partial charge in [-0.15, -0.1) is 5.10 Å². The second kappa shape index (κ2) is 6.82. The van der Waals surface area contributed by atoms with Gasteiger partial charge in [0.2, 0.25) is 17.6 Å². The molecule has 0 aromatic carbocycles. The van der Waals surface area contributed by atoms with Gasteiger partial charge in [0.15, 0.2) is 0 Å². The summed E-state index contributed by atoms with van der Waals surface area (Å²) in [6.07, 6.45) is 1.82. The first kappa shape index (κ1) is 15.5. The lowest BCUT2D eigenvalue weighted by atomic mass is 9.98. The fourth-order valence-electron chi connectivity index (χ4n) is 2.64. The van der Waals surface area contributed by atoms with Gasteiger partial charge in [-0.2, -0.15) is 10.1 Å². The zero-order chi connectivity index (χ0) is 16.2. The van der Waals surface area contributed by atoms with Crippen LogP contribution in [0.25, 0.3) is 11.5 Å². The number of hydrogen-bond donors (Lipinski definition) is 0. The molecule has 8 nitrogen and oxygen atoms in total. The van der Waals surface area contributed by atoms with Crippen molar-refractivity contribution in [2.45, 2.75) is 25.7 Å². The minimum atomic E-state index is -0.0126. The third-order valence-electron chi connectivity index (χ3n) is 3.86. The molecule has 0 radical (unpaired) electrons. The van der Waals surface area contributed by atoms with E-state index in [0.717, 1.165) is 25.1 Å². The smallest absolute Gasteiger partial charge is 0.248 e. The third-order valence-corrected chi connectivity index (χ3v) is 3.86. The molecule has 1 fully saturated rings. The fraction of sp³-hybridized carbons (Fsp3) is 0.533. The summed E-state index contributed by atoms with van der Waals surface area (Å²) in [5.74, 6) is 0.996. The molecule has 23 heavy (non-hydrogen) atoms. The SMILES string of the molecule is COCC(=O)N1CCC[C@@H](c2nc(-c3ccc(C)nn3)no2)C1. The maximum Gasteiger partial charge on any atom is 0.248 e. The molecule has 1 atom stereocenters. The molecule has 3 heterocycles. The van der Waals surface area contributed by atoms with Gasteiger partial charge in [-0.25, -0.2) is 0 Å². The normalized spacial score (nSPS) is 18.2. The van der Waals surface area contributed by atoms with Crippen molar-refractivity contribution in [1.82, 2.24) is 25.2 Å². The van der Waals surface area contributed by atoms with E-state index in [9.17, 15) is 4.79 Å². The second-order valence-corrected chi connectivity index (χ2v) is 5.63. The predicted octanol–water partition coefficient (Wildman–Crippen LogP) is 1.19. The van der Waals surface area contributed by atoms with Crippen LogP contribution in [0.15, 0.2) is 16.7 Å². The molecule has 0 unspecified atom stereocenters. The molecule has 0 aliphatic carbocycles. The number of rotatable bonds is 4. The highest BCUT2D eigenvalue weighted by molar-refractivity contribution is 5.77. The highest BCUT2D eigenvalue weighted by atomic mass is 16.5. The van der Waals surface area contributed by atoms with Crippen LogP contribution >= 0.6 is 0 Å². The first-order valence-corrected chi connectivity index (χ1v) is 7.58. The Labute approximate surface area is 133 Å². The van der Waals surface area contributed by atoms with Crippen LogP contribution in [0.1, 0.15) is 30.3 Å². The van der Waals surface area contributed by atoms with Crippen LogP contribution in [-0.2, 0) is 9.53 Å². The Balaban J connectivity index is 1.72. The van der Waals surface area contributed by atoms with Gasteiger partial charge < -0.3 is 14.2 Å². The summed E-state index contributed by atoms with van der Waals surface area (Å²) in [6, 6.07) is 3.66. The number of carbonyl (C=O) groups excluding carboxylic acids is 1. The maximum absolute atomic E-state index is 11.9. The molecular formula is C15H19N5O3. The summed E-state index contributed by atoms with van der Waals surface area (Å²) in [6.45, 7) is 3.28. The molecule has 3 rings (SSSR count). The number of piperidine rings is 1. The summed E-state index contributed by atoms with van der Waals surface area (Å²) in [5.41, 5.74) is 1.41. The number of aryl methyl sites for hydroxylation is 1. The lowest BCUT2D eigenvalue weighted by Crippen LogP contribution is -2.40. The van der Waals surface area contributed by atoms with E-state index in [0.29, 0.717) is 24.0 Å². The molecule has 0 spiro atoms. The van der Waals surface area contributed by atoms with Crippen molar-refractivity contribution < 1.29 is 14.1 Å². The van der Waals surface area contributed by atoms with Crippen LogP contribution < -0.4 is 0 Å². The fourth-order valence-corrected chi connectivity index (χ4v) is 2.64. The Morgan fingerprint density at radius 1 is 1.43 bits per heavy atom. The van der Waals surface area contributed by atoms with Crippen LogP contribution in [0.4, 0.5) is 0 Å². The van der Waals surface area contributed by atoms with E-state index >= 15 is 0 Å². The molecule has 8 heteroatoms. The summed E-state index contributed by atoms with van der Waals surface area (Å²) in [7, 11) is 1.52. The van der Waals surface area contributed by atoms with E-state index in [-0.39, 0.29) is 18.4 Å². The average Bonchev–Trinajstić information content (AvgIpc) is 3.06. The lowest BCUT2D eigenvalue weighted by Gasteiger charge is -2.30. The van der Waals surface area contributed by atoms with Gasteiger partial charge in [-0.1, -0.05) is 5.16 Å². The first-order chi connectivity index (χ1) is 11.2. The standard InChI is InChI=1S/C15H19N5O3/c1-10-5-6-12(18-17-10)14-16-15(23-19-14)11-4-3-7-20(8-11)13(21)9-22-2/h5-6,11H,3-4,7-9H2,1-2H3/t11-/m1/s1. The number of nitrogens with zero attached hydrogens (tertiary/aromatic N) is 5. The van der Waals surface area contributed by atoms with Crippen molar-refractivity contribution >= 4 is 5.91 Å². The van der Waals surface area contributed by atoms with Crippen molar-refractivity contribution in [2.24, 2.45) is 0 Å². The summed E-state index contributed by atoms with van der Waals surface area (Å²) in [4.78, 5) is 18.2. The van der Waals surface area contributed by atoms with Crippen molar-refractivity contribution in [3.05, 3.63) is 23.7 Å². The number of hydrogen-bond acceptors (Lipinski definition) is 7. The van der Waals surface area contributed by atoms with Crippen LogP contribution in [0.5, 0.6) is 0 Å². The van der Waals surface area contributed by atoms with Crippen molar-refractivity contribution in [2.75, 3.05) is 26.8 Å². The minimum Gasteiger partial charge on any atom is -0.375 e. The van der Waals surface area contributed by atoms with Crippen LogP contribution in [0, 0.1) is 6.92 Å². The molecular weight excluding hydrogens is 298 g/mol. The van der Waals surface area contributed by atoms with Gasteiger partial charge >= 0.3 is 0 Å². The van der Waals surface area contributed by atoms with E-state index in [1.54, 1.807) is 4.90 Å². The molecule has 122 valence electrons. The van der Waals surface area contributed by atoms with E-state index in [2.05, 4.69) is 20.3 Å². The topological polar surface area (TPSA) is 94.2 Å². The molecule has 1 aliphatic rings. The van der Waals surface area contributed by atoms with Gasteiger partial charge in [-0.05, 0) is 31.9 Å². The number of aromatic nitrogens is 4. The third kappa shape index (κ3) is 3.53. The highest BCUT2D eigenvalue weighted by Crippen LogP contribution is 2.27. The van der Waals surface area contributed by atoms with E-state index in [1.165, 1.54) is 7.11 Å². The minimum absolute atomic E-state index is 0.0126. The number of likely N-dealkylation sites (tertiary alicyclic amines) is 1. The Hall–Kier alpha value is -2.35. The lowest BCUT2D eigenvalue weighted by molar-refractivity contribution is -0.136. The van der Waals surface area contributed by atoms with Crippen LogP contribution in [0.2, 0.25) is 0 Å². The molecule has 1 saturated heterocycles. The van der Waals surface area contributed by atoms with E-state index in [1.807, 2.05) is 19.1 Å². The second-order valence-electron chi connectivity index (χ2n) is 5.63. The number of methoxy groups -OCH3 is 1. The predicted molar refractivity (Wildman–Crippen MR) is 80.5 cm³/mol. The summed E-state index contributed by atoms with van der Waals surface area (Å²) in [5, 5.41) is 12.0. The van der Waals surface area contributed by atoms with Gasteiger partial charge in [0.05, 0.1) is 11.6 Å². The largest absolute Gasteiger partial charge is 0.375 e. The van der Waals surface area contributed by atoms with Gasteiger partial charge in [0, 0.05) is 20.2 Å². The van der Waals surface area contributed by atoms with E-state index in [4.69, 9.17) is 9.26 Å². The number of ether oxygens (including phenoxy) is 1. The van der Waals surface area contributed by atoms with Gasteiger partial charge in [0.25, 0.3) is 0 Å². The Bertz CT molecular complexity index is 670. The van der Waals surface area contributed by atoms with Crippen LogP contribution in [0.3, 0.4) is 0 Å². The Morgan fingerprint density at radius 3 is 3.04 bits per heavy atom. The Kier molecular flexibility index (Phi) is 4.61. The molecule has 2 aromatic heterocycles. The van der Waals surface area contributed by atoms with Gasteiger partial charge in [0.1, 0.15) is 12.3 Å². The van der Waals surface area contributed by atoms with Crippen molar-refractivity contribution in [3.63, 3.8) is 0 Å². The molecule has 1 aliphatic heterocycles. The maximum atomic E-state index is 11.9. The van der Waals surface area contributed by atoms with Gasteiger partial charge in [-0.3, -0.25) is 4.79 Å². The molecule has 0 bridgehead atoms. The zero-order valence-corrected chi connectivity index (χ0v) is 13.2.